The van der Waals surface area contributed by atoms with Crippen molar-refractivity contribution in [1.82, 2.24) is 4.90 Å². The number of rotatable bonds is 6. The summed E-state index contributed by atoms with van der Waals surface area (Å²) in [6.45, 7) is 0.800. The number of carbonyl (C=O) groups excluding carboxylic acids is 2. The Morgan fingerprint density at radius 1 is 0.938 bits per heavy atom. The zero-order valence-corrected chi connectivity index (χ0v) is 18.3. The topological polar surface area (TPSA) is 96.7 Å². The van der Waals surface area contributed by atoms with Gasteiger partial charge in [0.1, 0.15) is 0 Å². The molecule has 0 atom stereocenters. The predicted octanol–water partition coefficient (Wildman–Crippen LogP) is 3.74. The number of hydrogen-bond acceptors (Lipinski definition) is 5. The molecule has 0 radical (unpaired) electrons. The van der Waals surface area contributed by atoms with Crippen molar-refractivity contribution in [3.63, 3.8) is 0 Å². The van der Waals surface area contributed by atoms with Gasteiger partial charge in [0.15, 0.2) is 15.6 Å². The lowest BCUT2D eigenvalue weighted by Crippen LogP contribution is -2.41. The summed E-state index contributed by atoms with van der Waals surface area (Å²) in [4.78, 5) is 27.3. The summed E-state index contributed by atoms with van der Waals surface area (Å²) in [6.07, 6.45) is 2.40. The molecule has 1 aliphatic rings. The fourth-order valence-corrected chi connectivity index (χ4v) is 5.18. The number of piperidine rings is 1. The monoisotopic (exact) mass is 452 g/mol. The Balaban J connectivity index is 1.38. The van der Waals surface area contributed by atoms with Crippen molar-refractivity contribution in [3.05, 3.63) is 84.3 Å². The fourth-order valence-electron chi connectivity index (χ4n) is 3.81. The van der Waals surface area contributed by atoms with Gasteiger partial charge < -0.3 is 14.6 Å². The first kappa shape index (κ1) is 21.8. The summed E-state index contributed by atoms with van der Waals surface area (Å²) in [5, 5.41) is 2.91. The Morgan fingerprint density at radius 3 is 2.22 bits per heavy atom. The lowest BCUT2D eigenvalue weighted by molar-refractivity contribution is -0.121. The van der Waals surface area contributed by atoms with E-state index in [2.05, 4.69) is 5.32 Å². The molecular weight excluding hydrogens is 428 g/mol. The maximum Gasteiger partial charge on any atom is 0.289 e. The van der Waals surface area contributed by atoms with Gasteiger partial charge in [0.2, 0.25) is 5.91 Å². The van der Waals surface area contributed by atoms with Crippen molar-refractivity contribution in [2.75, 3.05) is 18.4 Å². The van der Waals surface area contributed by atoms with Crippen LogP contribution in [0.1, 0.15) is 29.0 Å². The van der Waals surface area contributed by atoms with Crippen LogP contribution in [0.4, 0.5) is 5.69 Å². The van der Waals surface area contributed by atoms with Crippen molar-refractivity contribution in [2.45, 2.75) is 23.5 Å². The Hall–Kier alpha value is -3.39. The summed E-state index contributed by atoms with van der Waals surface area (Å²) in [6, 6.07) is 18.9. The molecule has 166 valence electrons. The van der Waals surface area contributed by atoms with Crippen molar-refractivity contribution >= 4 is 27.3 Å². The predicted molar refractivity (Wildman–Crippen MR) is 120 cm³/mol. The van der Waals surface area contributed by atoms with Gasteiger partial charge >= 0.3 is 0 Å². The summed E-state index contributed by atoms with van der Waals surface area (Å²) < 4.78 is 30.8. The highest BCUT2D eigenvalue weighted by Gasteiger charge is 2.31. The highest BCUT2D eigenvalue weighted by Crippen LogP contribution is 2.24. The second kappa shape index (κ2) is 9.40. The standard InChI is InChI=1S/C24H24N2O5S/c27-23(25-20-7-3-1-4-8-20)18-11-14-26(15-12-18)24(28)22-19(13-16-31-22)17-32(29,30)21-9-5-2-6-10-21/h1-10,13,16,18H,11-12,14-15,17H2,(H,25,27). The number of nitrogens with zero attached hydrogens (tertiary/aromatic N) is 1. The average Bonchev–Trinajstić information content (AvgIpc) is 3.27. The van der Waals surface area contributed by atoms with E-state index in [9.17, 15) is 18.0 Å². The summed E-state index contributed by atoms with van der Waals surface area (Å²) >= 11 is 0. The zero-order chi connectivity index (χ0) is 22.6. The number of hydrogen-bond donors (Lipinski definition) is 1. The largest absolute Gasteiger partial charge is 0.459 e. The van der Waals surface area contributed by atoms with E-state index < -0.39 is 9.84 Å². The SMILES string of the molecule is O=C(Nc1ccccc1)C1CCN(C(=O)c2occc2CS(=O)(=O)c2ccccc2)CC1. The molecule has 1 saturated heterocycles. The highest BCUT2D eigenvalue weighted by atomic mass is 32.2. The molecule has 4 rings (SSSR count). The third-order valence-electron chi connectivity index (χ3n) is 5.58. The van der Waals surface area contributed by atoms with Crippen LogP contribution in [0.3, 0.4) is 0 Å². The van der Waals surface area contributed by atoms with Crippen molar-refractivity contribution < 1.29 is 22.4 Å². The fraction of sp³-hybridized carbons (Fsp3) is 0.250. The van der Waals surface area contributed by atoms with E-state index in [1.54, 1.807) is 23.1 Å². The number of benzene rings is 2. The van der Waals surface area contributed by atoms with Gasteiger partial charge in [-0.25, -0.2) is 8.42 Å². The van der Waals surface area contributed by atoms with Crippen LogP contribution in [0.2, 0.25) is 0 Å². The van der Waals surface area contributed by atoms with Gasteiger partial charge in [-0.2, -0.15) is 0 Å². The lowest BCUT2D eigenvalue weighted by atomic mass is 9.95. The van der Waals surface area contributed by atoms with Crippen molar-refractivity contribution in [3.8, 4) is 0 Å². The number of anilines is 1. The number of para-hydroxylation sites is 1. The van der Waals surface area contributed by atoms with Gasteiger partial charge in [-0.3, -0.25) is 9.59 Å². The number of likely N-dealkylation sites (tertiary alicyclic amines) is 1. The van der Waals surface area contributed by atoms with Crippen LogP contribution in [0, 0.1) is 5.92 Å². The normalized spacial score (nSPS) is 14.8. The van der Waals surface area contributed by atoms with Gasteiger partial charge in [0.25, 0.3) is 5.91 Å². The maximum absolute atomic E-state index is 13.0. The van der Waals surface area contributed by atoms with E-state index in [-0.39, 0.29) is 34.1 Å². The second-order valence-corrected chi connectivity index (χ2v) is 9.76. The van der Waals surface area contributed by atoms with E-state index in [4.69, 9.17) is 4.42 Å². The minimum Gasteiger partial charge on any atom is -0.459 e. The molecule has 0 spiro atoms. The molecule has 1 N–H and O–H groups in total. The van der Waals surface area contributed by atoms with Crippen molar-refractivity contribution in [1.29, 1.82) is 0 Å². The van der Waals surface area contributed by atoms with Gasteiger partial charge in [0.05, 0.1) is 16.9 Å². The Bertz CT molecular complexity index is 1180. The first-order valence-corrected chi connectivity index (χ1v) is 12.1. The minimum absolute atomic E-state index is 0.0386. The Kier molecular flexibility index (Phi) is 6.41. The molecule has 0 aliphatic carbocycles. The van der Waals surface area contributed by atoms with Crippen LogP contribution in [0.15, 0.2) is 82.3 Å². The maximum atomic E-state index is 13.0. The molecule has 0 saturated carbocycles. The van der Waals surface area contributed by atoms with Crippen LogP contribution < -0.4 is 5.32 Å². The first-order valence-electron chi connectivity index (χ1n) is 10.4. The lowest BCUT2D eigenvalue weighted by Gasteiger charge is -2.31. The van der Waals surface area contributed by atoms with Gasteiger partial charge in [-0.1, -0.05) is 36.4 Å². The molecule has 1 fully saturated rings. The van der Waals surface area contributed by atoms with Crippen LogP contribution in [-0.2, 0) is 20.4 Å². The number of sulfone groups is 1. The molecular formula is C24H24N2O5S. The Morgan fingerprint density at radius 2 is 1.56 bits per heavy atom. The molecule has 1 aliphatic heterocycles. The van der Waals surface area contributed by atoms with Gasteiger partial charge in [0, 0.05) is 30.3 Å². The molecule has 3 aromatic rings. The summed E-state index contributed by atoms with van der Waals surface area (Å²) in [5.41, 5.74) is 1.08. The Labute approximate surface area is 187 Å². The molecule has 0 unspecified atom stereocenters. The minimum atomic E-state index is -3.60. The molecule has 1 aromatic heterocycles. The number of furan rings is 1. The van der Waals surface area contributed by atoms with Crippen LogP contribution in [-0.4, -0.2) is 38.2 Å². The number of nitrogens with one attached hydrogen (secondary N) is 1. The number of amides is 2. The van der Waals surface area contributed by atoms with E-state index in [1.165, 1.54) is 24.5 Å². The zero-order valence-electron chi connectivity index (χ0n) is 17.4. The molecule has 7 nitrogen and oxygen atoms in total. The van der Waals surface area contributed by atoms with Gasteiger partial charge in [-0.15, -0.1) is 0 Å². The van der Waals surface area contributed by atoms with E-state index in [0.717, 1.165) is 5.69 Å². The molecule has 2 heterocycles. The molecule has 2 aromatic carbocycles. The molecule has 2 amide bonds. The quantitative estimate of drug-likeness (QED) is 0.615. The van der Waals surface area contributed by atoms with Gasteiger partial charge in [-0.05, 0) is 43.2 Å². The third-order valence-corrected chi connectivity index (χ3v) is 7.26. The summed E-state index contributed by atoms with van der Waals surface area (Å²) in [7, 11) is -3.60. The van der Waals surface area contributed by atoms with Crippen LogP contribution >= 0.6 is 0 Å². The van der Waals surface area contributed by atoms with E-state index in [0.29, 0.717) is 31.5 Å². The van der Waals surface area contributed by atoms with E-state index in [1.807, 2.05) is 30.3 Å². The number of carbonyl (C=O) groups is 2. The molecule has 0 bridgehead atoms. The smallest absolute Gasteiger partial charge is 0.289 e. The van der Waals surface area contributed by atoms with Crippen molar-refractivity contribution in [2.24, 2.45) is 5.92 Å². The second-order valence-electron chi connectivity index (χ2n) is 7.77. The summed E-state index contributed by atoms with van der Waals surface area (Å²) in [5.74, 6) is -0.874. The average molecular weight is 453 g/mol. The van der Waals surface area contributed by atoms with E-state index >= 15 is 0 Å². The molecule has 8 heteroatoms. The highest BCUT2D eigenvalue weighted by molar-refractivity contribution is 7.90. The third kappa shape index (κ3) is 4.91. The first-order chi connectivity index (χ1) is 15.4. The van der Waals surface area contributed by atoms with Crippen LogP contribution in [0.5, 0.6) is 0 Å². The van der Waals surface area contributed by atoms with Crippen LogP contribution in [0.25, 0.3) is 0 Å². The molecule has 32 heavy (non-hydrogen) atoms.